The lowest BCUT2D eigenvalue weighted by Gasteiger charge is -2.34. The second kappa shape index (κ2) is 5.42. The third-order valence-electron chi connectivity index (χ3n) is 4.79. The zero-order valence-corrected chi connectivity index (χ0v) is 12.7. The molecule has 21 heavy (non-hydrogen) atoms. The highest BCUT2D eigenvalue weighted by Crippen LogP contribution is 2.42. The van der Waals surface area contributed by atoms with Gasteiger partial charge >= 0.3 is 5.97 Å². The van der Waals surface area contributed by atoms with E-state index in [0.29, 0.717) is 32.2 Å². The van der Waals surface area contributed by atoms with E-state index >= 15 is 0 Å². The van der Waals surface area contributed by atoms with Crippen LogP contribution >= 0.6 is 0 Å². The van der Waals surface area contributed by atoms with E-state index in [2.05, 4.69) is 30.0 Å². The number of carboxylic acids is 1. The topological polar surface area (TPSA) is 67.6 Å². The highest BCUT2D eigenvalue weighted by Gasteiger charge is 2.53. The summed E-state index contributed by atoms with van der Waals surface area (Å²) in [5, 5.41) is 14.0. The molecule has 116 valence electrons. The predicted octanol–water partition coefficient (Wildman–Crippen LogP) is 1.39. The summed E-state index contributed by atoms with van der Waals surface area (Å²) in [7, 11) is 0. The van der Waals surface area contributed by atoms with Gasteiger partial charge in [-0.2, -0.15) is 5.10 Å². The molecule has 0 saturated carbocycles. The van der Waals surface area contributed by atoms with Gasteiger partial charge in [0.1, 0.15) is 0 Å². The fourth-order valence-corrected chi connectivity index (χ4v) is 3.52. The Bertz CT molecular complexity index is 528. The summed E-state index contributed by atoms with van der Waals surface area (Å²) < 4.78 is 7.43. The summed E-state index contributed by atoms with van der Waals surface area (Å²) in [5.41, 5.74) is 0.524. The van der Waals surface area contributed by atoms with E-state index in [-0.39, 0.29) is 5.92 Å². The molecule has 2 aliphatic rings. The predicted molar refractivity (Wildman–Crippen MR) is 76.9 cm³/mol. The van der Waals surface area contributed by atoms with Gasteiger partial charge in [0.15, 0.2) is 0 Å². The van der Waals surface area contributed by atoms with Crippen LogP contribution in [0.5, 0.6) is 0 Å². The van der Waals surface area contributed by atoms with Crippen LogP contribution in [0.25, 0.3) is 0 Å². The van der Waals surface area contributed by atoms with E-state index in [9.17, 15) is 9.90 Å². The zero-order chi connectivity index (χ0) is 15.0. The largest absolute Gasteiger partial charge is 0.481 e. The van der Waals surface area contributed by atoms with Crippen LogP contribution in [-0.2, 0) is 16.1 Å². The molecule has 2 saturated heterocycles. The first-order valence-electron chi connectivity index (χ1n) is 7.58. The van der Waals surface area contributed by atoms with E-state index in [0.717, 1.165) is 18.7 Å². The number of ether oxygens (including phenoxy) is 1. The molecular weight excluding hydrogens is 270 g/mol. The quantitative estimate of drug-likeness (QED) is 0.908. The lowest BCUT2D eigenvalue weighted by molar-refractivity contribution is -0.157. The number of hydrogen-bond acceptors (Lipinski definition) is 4. The molecule has 0 aliphatic carbocycles. The Labute approximate surface area is 124 Å². The van der Waals surface area contributed by atoms with Crippen molar-refractivity contribution < 1.29 is 14.6 Å². The first-order chi connectivity index (χ1) is 10.0. The average Bonchev–Trinajstić information content (AvgIpc) is 3.03. The highest BCUT2D eigenvalue weighted by molar-refractivity contribution is 5.76. The third-order valence-corrected chi connectivity index (χ3v) is 4.79. The van der Waals surface area contributed by atoms with Crippen LogP contribution in [0.2, 0.25) is 0 Å². The van der Waals surface area contributed by atoms with Crippen molar-refractivity contribution in [1.29, 1.82) is 0 Å². The first kappa shape index (κ1) is 14.5. The van der Waals surface area contributed by atoms with Crippen LogP contribution in [0, 0.1) is 11.3 Å². The van der Waals surface area contributed by atoms with Crippen LogP contribution in [0.4, 0.5) is 0 Å². The van der Waals surface area contributed by atoms with Crippen molar-refractivity contribution in [3.63, 3.8) is 0 Å². The Hall–Kier alpha value is -1.40. The second-order valence-electron chi connectivity index (χ2n) is 6.58. The molecular formula is C15H23N3O3. The van der Waals surface area contributed by atoms with Gasteiger partial charge in [-0.15, -0.1) is 0 Å². The van der Waals surface area contributed by atoms with E-state index in [1.807, 2.05) is 10.9 Å². The molecule has 2 aliphatic heterocycles. The summed E-state index contributed by atoms with van der Waals surface area (Å²) in [4.78, 5) is 14.0. The number of likely N-dealkylation sites (tertiary alicyclic amines) is 1. The number of aromatic nitrogens is 2. The summed E-state index contributed by atoms with van der Waals surface area (Å²) in [5.74, 6) is -0.569. The van der Waals surface area contributed by atoms with Gasteiger partial charge in [0.25, 0.3) is 0 Å². The maximum absolute atomic E-state index is 11.8. The SMILES string of the molecule is CC(C)n1cc(CN2C[C@@H]3COCC[C@]3(C(=O)O)C2)cn1. The van der Waals surface area contributed by atoms with E-state index in [4.69, 9.17) is 4.74 Å². The molecule has 3 rings (SSSR count). The van der Waals surface area contributed by atoms with E-state index in [1.165, 1.54) is 0 Å². The molecule has 0 amide bonds. The van der Waals surface area contributed by atoms with Crippen LogP contribution in [0.3, 0.4) is 0 Å². The molecule has 0 spiro atoms. The van der Waals surface area contributed by atoms with E-state index in [1.54, 1.807) is 0 Å². The van der Waals surface area contributed by atoms with Gasteiger partial charge in [0, 0.05) is 50.0 Å². The Morgan fingerprint density at radius 1 is 1.62 bits per heavy atom. The van der Waals surface area contributed by atoms with Crippen molar-refractivity contribution in [3.05, 3.63) is 18.0 Å². The molecule has 1 aromatic rings. The van der Waals surface area contributed by atoms with Gasteiger partial charge in [-0.25, -0.2) is 0 Å². The third kappa shape index (κ3) is 2.58. The van der Waals surface area contributed by atoms with Crippen LogP contribution in [-0.4, -0.2) is 52.1 Å². The molecule has 2 fully saturated rings. The minimum Gasteiger partial charge on any atom is -0.481 e. The minimum absolute atomic E-state index is 0.101. The molecule has 6 heteroatoms. The van der Waals surface area contributed by atoms with E-state index < -0.39 is 11.4 Å². The van der Waals surface area contributed by atoms with Crippen LogP contribution in [0.15, 0.2) is 12.4 Å². The van der Waals surface area contributed by atoms with Gasteiger partial charge in [0.05, 0.1) is 18.2 Å². The fourth-order valence-electron chi connectivity index (χ4n) is 3.52. The summed E-state index contributed by atoms with van der Waals surface area (Å²) in [6.45, 7) is 7.48. The van der Waals surface area contributed by atoms with Crippen molar-refractivity contribution in [2.45, 2.75) is 32.9 Å². The maximum atomic E-state index is 11.8. The standard InChI is InChI=1S/C15H23N3O3/c1-11(2)18-7-12(5-16-18)6-17-8-13-9-21-4-3-15(13,10-17)14(19)20/h5,7,11,13H,3-4,6,8-10H2,1-2H3,(H,19,20)/t13-,15+/m1/s1. The summed E-state index contributed by atoms with van der Waals surface area (Å²) >= 11 is 0. The molecule has 0 bridgehead atoms. The van der Waals surface area contributed by atoms with Crippen molar-refractivity contribution in [2.24, 2.45) is 11.3 Å². The van der Waals surface area contributed by atoms with Gasteiger partial charge in [0.2, 0.25) is 0 Å². The molecule has 3 heterocycles. The van der Waals surface area contributed by atoms with Crippen molar-refractivity contribution in [1.82, 2.24) is 14.7 Å². The monoisotopic (exact) mass is 293 g/mol. The maximum Gasteiger partial charge on any atom is 0.311 e. The Morgan fingerprint density at radius 3 is 3.05 bits per heavy atom. The smallest absolute Gasteiger partial charge is 0.311 e. The molecule has 6 nitrogen and oxygen atoms in total. The highest BCUT2D eigenvalue weighted by atomic mass is 16.5. The Kier molecular flexibility index (Phi) is 3.75. The van der Waals surface area contributed by atoms with Crippen molar-refractivity contribution >= 4 is 5.97 Å². The number of carbonyl (C=O) groups is 1. The van der Waals surface area contributed by atoms with Crippen LogP contribution < -0.4 is 0 Å². The summed E-state index contributed by atoms with van der Waals surface area (Å²) in [6.07, 6.45) is 4.55. The lowest BCUT2D eigenvalue weighted by atomic mass is 9.74. The van der Waals surface area contributed by atoms with Crippen molar-refractivity contribution in [3.8, 4) is 0 Å². The number of aliphatic carboxylic acids is 1. The molecule has 2 atom stereocenters. The molecule has 0 unspecified atom stereocenters. The van der Waals surface area contributed by atoms with Crippen molar-refractivity contribution in [2.75, 3.05) is 26.3 Å². The normalized spacial score (nSPS) is 29.8. The molecule has 0 radical (unpaired) electrons. The number of rotatable bonds is 4. The zero-order valence-electron chi connectivity index (χ0n) is 12.7. The number of hydrogen-bond donors (Lipinski definition) is 1. The molecule has 0 aromatic carbocycles. The van der Waals surface area contributed by atoms with Crippen LogP contribution in [0.1, 0.15) is 31.9 Å². The minimum atomic E-state index is -0.670. The number of fused-ring (bicyclic) bond motifs is 1. The molecule has 1 N–H and O–H groups in total. The van der Waals surface area contributed by atoms with Gasteiger partial charge in [-0.05, 0) is 20.3 Å². The number of carboxylic acid groups (broad SMARTS) is 1. The fraction of sp³-hybridized carbons (Fsp3) is 0.733. The Morgan fingerprint density at radius 2 is 2.43 bits per heavy atom. The summed E-state index contributed by atoms with van der Waals surface area (Å²) in [6, 6.07) is 0.346. The van der Waals surface area contributed by atoms with Gasteiger partial charge in [-0.3, -0.25) is 14.4 Å². The second-order valence-corrected chi connectivity index (χ2v) is 6.58. The number of nitrogens with zero attached hydrogens (tertiary/aromatic N) is 3. The van der Waals surface area contributed by atoms with Gasteiger partial charge in [-0.1, -0.05) is 0 Å². The van der Waals surface area contributed by atoms with Gasteiger partial charge < -0.3 is 9.84 Å². The lowest BCUT2D eigenvalue weighted by Crippen LogP contribution is -2.44. The first-order valence-corrected chi connectivity index (χ1v) is 7.58. The molecule has 1 aromatic heterocycles. The average molecular weight is 293 g/mol. The Balaban J connectivity index is 1.71.